The largest absolute Gasteiger partial charge is 0.496 e. The number of nitrogens with zero attached hydrogens (tertiary/aromatic N) is 2. The van der Waals surface area contributed by atoms with Crippen molar-refractivity contribution >= 4 is 34.2 Å². The Balaban J connectivity index is 2.12. The lowest BCUT2D eigenvalue weighted by Crippen LogP contribution is -2.44. The Labute approximate surface area is 138 Å². The topological polar surface area (TPSA) is 85.5 Å². The number of pyridine rings is 1. The molecule has 23 heavy (non-hydrogen) atoms. The fourth-order valence-electron chi connectivity index (χ4n) is 3.00. The zero-order chi connectivity index (χ0) is 16.6. The molecule has 0 bridgehead atoms. The van der Waals surface area contributed by atoms with E-state index in [1.54, 1.807) is 31.4 Å². The Bertz CT molecular complexity index is 793. The van der Waals surface area contributed by atoms with Gasteiger partial charge in [0.25, 0.3) is 5.91 Å². The van der Waals surface area contributed by atoms with Crippen LogP contribution in [0.3, 0.4) is 0 Å². The molecule has 0 aliphatic carbocycles. The minimum atomic E-state index is -0.594. The molecule has 1 aliphatic heterocycles. The van der Waals surface area contributed by atoms with Crippen molar-refractivity contribution < 1.29 is 14.3 Å². The quantitative estimate of drug-likeness (QED) is 0.870. The lowest BCUT2D eigenvalue weighted by Gasteiger charge is -2.22. The molecule has 120 valence electrons. The highest BCUT2D eigenvalue weighted by Crippen LogP contribution is 2.31. The van der Waals surface area contributed by atoms with Gasteiger partial charge in [-0.1, -0.05) is 23.7 Å². The van der Waals surface area contributed by atoms with Gasteiger partial charge in [-0.3, -0.25) is 9.59 Å². The first-order chi connectivity index (χ1) is 11.0. The van der Waals surface area contributed by atoms with Crippen molar-refractivity contribution in [3.63, 3.8) is 0 Å². The summed E-state index contributed by atoms with van der Waals surface area (Å²) in [7, 11) is 1.55. The highest BCUT2D eigenvalue weighted by atomic mass is 35.5. The number of methoxy groups -OCH3 is 1. The number of fused-ring (bicyclic) bond motifs is 1. The zero-order valence-electron chi connectivity index (χ0n) is 12.6. The summed E-state index contributed by atoms with van der Waals surface area (Å²) in [4.78, 5) is 30.1. The van der Waals surface area contributed by atoms with E-state index in [4.69, 9.17) is 22.1 Å². The number of carbonyl (C=O) groups is 2. The van der Waals surface area contributed by atoms with E-state index in [9.17, 15) is 9.59 Å². The Morgan fingerprint density at radius 3 is 2.87 bits per heavy atom. The van der Waals surface area contributed by atoms with Crippen LogP contribution in [0.1, 0.15) is 23.3 Å². The average molecular weight is 334 g/mol. The first-order valence-electron chi connectivity index (χ1n) is 7.26. The number of amides is 2. The van der Waals surface area contributed by atoms with E-state index in [0.29, 0.717) is 29.5 Å². The monoisotopic (exact) mass is 333 g/mol. The number of benzene rings is 1. The molecule has 7 heteroatoms. The molecule has 1 aromatic carbocycles. The van der Waals surface area contributed by atoms with Crippen LogP contribution in [0.5, 0.6) is 5.75 Å². The van der Waals surface area contributed by atoms with Crippen molar-refractivity contribution in [1.29, 1.82) is 0 Å². The molecule has 1 fully saturated rings. The summed E-state index contributed by atoms with van der Waals surface area (Å²) in [5.41, 5.74) is 5.60. The maximum absolute atomic E-state index is 12.9. The second kappa shape index (κ2) is 6.04. The molecule has 1 saturated heterocycles. The lowest BCUT2D eigenvalue weighted by molar-refractivity contribution is -0.121. The van der Waals surface area contributed by atoms with Gasteiger partial charge in [0.05, 0.1) is 7.11 Å². The predicted octanol–water partition coefficient (Wildman–Crippen LogP) is 1.99. The van der Waals surface area contributed by atoms with Crippen LogP contribution < -0.4 is 10.5 Å². The molecule has 2 heterocycles. The Morgan fingerprint density at radius 1 is 1.39 bits per heavy atom. The SMILES string of the molecule is COc1cccc2c(C(=O)N3CCCC3C(N)=O)nc(Cl)cc12. The summed E-state index contributed by atoms with van der Waals surface area (Å²) in [6.07, 6.45) is 1.31. The van der Waals surface area contributed by atoms with Crippen LogP contribution in [-0.2, 0) is 4.79 Å². The normalized spacial score (nSPS) is 17.5. The van der Waals surface area contributed by atoms with Crippen LogP contribution >= 0.6 is 11.6 Å². The van der Waals surface area contributed by atoms with Crippen LogP contribution in [0.25, 0.3) is 10.8 Å². The molecule has 1 aliphatic rings. The molecule has 0 radical (unpaired) electrons. The molecular formula is C16H16ClN3O3. The first kappa shape index (κ1) is 15.6. The third-order valence-electron chi connectivity index (χ3n) is 4.07. The number of aromatic nitrogens is 1. The standard InChI is InChI=1S/C16H16ClN3O3/c1-23-12-6-2-4-9-10(12)8-13(17)19-14(9)16(22)20-7-3-5-11(20)15(18)21/h2,4,6,8,11H,3,5,7H2,1H3,(H2,18,21). The number of primary amides is 1. The van der Waals surface area contributed by atoms with E-state index in [0.717, 1.165) is 6.42 Å². The highest BCUT2D eigenvalue weighted by molar-refractivity contribution is 6.30. The molecule has 0 spiro atoms. The molecule has 0 saturated carbocycles. The average Bonchev–Trinajstić information content (AvgIpc) is 3.02. The van der Waals surface area contributed by atoms with Crippen LogP contribution in [0.4, 0.5) is 0 Å². The van der Waals surface area contributed by atoms with Crippen molar-refractivity contribution in [2.24, 2.45) is 5.73 Å². The van der Waals surface area contributed by atoms with Gasteiger partial charge in [0.1, 0.15) is 22.6 Å². The Hall–Kier alpha value is -2.34. The highest BCUT2D eigenvalue weighted by Gasteiger charge is 2.34. The molecule has 2 amide bonds. The number of hydrogen-bond donors (Lipinski definition) is 1. The van der Waals surface area contributed by atoms with Gasteiger partial charge in [-0.05, 0) is 25.0 Å². The summed E-state index contributed by atoms with van der Waals surface area (Å²) in [5, 5.41) is 1.53. The summed E-state index contributed by atoms with van der Waals surface area (Å²) in [5.74, 6) is -0.236. The number of nitrogens with two attached hydrogens (primary N) is 1. The first-order valence-corrected chi connectivity index (χ1v) is 7.64. The Morgan fingerprint density at radius 2 is 2.17 bits per heavy atom. The van der Waals surface area contributed by atoms with E-state index >= 15 is 0 Å². The molecule has 6 nitrogen and oxygen atoms in total. The van der Waals surface area contributed by atoms with Gasteiger partial charge in [0, 0.05) is 17.3 Å². The van der Waals surface area contributed by atoms with Gasteiger partial charge in [-0.25, -0.2) is 4.98 Å². The summed E-state index contributed by atoms with van der Waals surface area (Å²) in [6.45, 7) is 0.478. The van der Waals surface area contributed by atoms with Gasteiger partial charge >= 0.3 is 0 Å². The molecule has 2 N–H and O–H groups in total. The van der Waals surface area contributed by atoms with E-state index in [2.05, 4.69) is 4.98 Å². The number of halogens is 1. The molecule has 1 aromatic heterocycles. The minimum Gasteiger partial charge on any atom is -0.496 e. The van der Waals surface area contributed by atoms with Crippen molar-refractivity contribution in [2.45, 2.75) is 18.9 Å². The van der Waals surface area contributed by atoms with Crippen LogP contribution in [0, 0.1) is 0 Å². The van der Waals surface area contributed by atoms with Crippen molar-refractivity contribution in [3.8, 4) is 5.75 Å². The van der Waals surface area contributed by atoms with Crippen molar-refractivity contribution in [3.05, 3.63) is 35.1 Å². The predicted molar refractivity (Wildman–Crippen MR) is 86.6 cm³/mol. The van der Waals surface area contributed by atoms with E-state index in [-0.39, 0.29) is 16.8 Å². The third kappa shape index (κ3) is 2.70. The molecule has 1 unspecified atom stereocenters. The second-order valence-corrected chi connectivity index (χ2v) is 5.80. The zero-order valence-corrected chi connectivity index (χ0v) is 13.3. The fourth-order valence-corrected chi connectivity index (χ4v) is 3.19. The van der Waals surface area contributed by atoms with Gasteiger partial charge in [-0.15, -0.1) is 0 Å². The van der Waals surface area contributed by atoms with Gasteiger partial charge < -0.3 is 15.4 Å². The second-order valence-electron chi connectivity index (χ2n) is 5.41. The maximum Gasteiger partial charge on any atom is 0.273 e. The van der Waals surface area contributed by atoms with Crippen molar-refractivity contribution in [2.75, 3.05) is 13.7 Å². The van der Waals surface area contributed by atoms with Gasteiger partial charge in [-0.2, -0.15) is 0 Å². The fraction of sp³-hybridized carbons (Fsp3) is 0.312. The summed E-state index contributed by atoms with van der Waals surface area (Å²) >= 11 is 6.07. The molecular weight excluding hydrogens is 318 g/mol. The molecule has 1 atom stereocenters. The maximum atomic E-state index is 12.9. The van der Waals surface area contributed by atoms with E-state index < -0.39 is 11.9 Å². The van der Waals surface area contributed by atoms with Crippen molar-refractivity contribution in [1.82, 2.24) is 9.88 Å². The van der Waals surface area contributed by atoms with Crippen LogP contribution in [0.2, 0.25) is 5.15 Å². The lowest BCUT2D eigenvalue weighted by atomic mass is 10.1. The van der Waals surface area contributed by atoms with Gasteiger partial charge in [0.2, 0.25) is 5.91 Å². The number of rotatable bonds is 3. The van der Waals surface area contributed by atoms with Gasteiger partial charge in [0.15, 0.2) is 0 Å². The van der Waals surface area contributed by atoms with Crippen LogP contribution in [-0.4, -0.2) is 41.4 Å². The van der Waals surface area contributed by atoms with Crippen LogP contribution in [0.15, 0.2) is 24.3 Å². The number of carbonyl (C=O) groups excluding carboxylic acids is 2. The molecule has 2 aromatic rings. The summed E-state index contributed by atoms with van der Waals surface area (Å²) in [6, 6.07) is 6.41. The number of ether oxygens (including phenoxy) is 1. The number of hydrogen-bond acceptors (Lipinski definition) is 4. The minimum absolute atomic E-state index is 0.195. The Kier molecular flexibility index (Phi) is 4.09. The van der Waals surface area contributed by atoms with E-state index in [1.165, 1.54) is 4.90 Å². The summed E-state index contributed by atoms with van der Waals surface area (Å²) < 4.78 is 5.32. The third-order valence-corrected chi connectivity index (χ3v) is 4.26. The number of likely N-dealkylation sites (tertiary alicyclic amines) is 1. The van der Waals surface area contributed by atoms with E-state index in [1.807, 2.05) is 0 Å². The molecule has 3 rings (SSSR count). The smallest absolute Gasteiger partial charge is 0.273 e.